The van der Waals surface area contributed by atoms with E-state index >= 15 is 0 Å². The Kier molecular flexibility index (Phi) is 5.77. The molecule has 17 heavy (non-hydrogen) atoms. The highest BCUT2D eigenvalue weighted by atomic mass is 32.2. The van der Waals surface area contributed by atoms with E-state index in [4.69, 9.17) is 5.73 Å². The monoisotopic (exact) mass is 259 g/mol. The molecule has 0 bridgehead atoms. The van der Waals surface area contributed by atoms with E-state index in [-0.39, 0.29) is 24.4 Å². The van der Waals surface area contributed by atoms with Crippen LogP contribution in [0.4, 0.5) is 0 Å². The van der Waals surface area contributed by atoms with E-state index in [0.29, 0.717) is 11.8 Å². The van der Waals surface area contributed by atoms with E-state index < -0.39 is 0 Å². The highest BCUT2D eigenvalue weighted by Gasteiger charge is 2.24. The maximum Gasteiger partial charge on any atom is 0.239 e. The highest BCUT2D eigenvalue weighted by molar-refractivity contribution is 7.99. The summed E-state index contributed by atoms with van der Waals surface area (Å²) in [5.74, 6) is 1.05. The fraction of sp³-hybridized carbons (Fsp3) is 0.818. The Hall–Kier alpha value is -0.750. The van der Waals surface area contributed by atoms with Crippen LogP contribution in [0.5, 0.6) is 0 Å². The predicted molar refractivity (Wildman–Crippen MR) is 69.8 cm³/mol. The Morgan fingerprint density at radius 1 is 1.53 bits per heavy atom. The molecule has 0 spiro atoms. The molecular weight excluding hydrogens is 238 g/mol. The zero-order chi connectivity index (χ0) is 12.8. The van der Waals surface area contributed by atoms with Crippen molar-refractivity contribution < 1.29 is 9.59 Å². The second-order valence-electron chi connectivity index (χ2n) is 4.58. The first kappa shape index (κ1) is 14.3. The molecule has 0 aromatic heterocycles. The topological polar surface area (TPSA) is 75.4 Å². The van der Waals surface area contributed by atoms with Crippen LogP contribution in [0.3, 0.4) is 0 Å². The minimum Gasteiger partial charge on any atom is -0.352 e. The second-order valence-corrected chi connectivity index (χ2v) is 5.61. The minimum atomic E-state index is -0.0689. The van der Waals surface area contributed by atoms with E-state index in [0.717, 1.165) is 18.6 Å². The number of thioether (sulfide) groups is 1. The van der Waals surface area contributed by atoms with Gasteiger partial charge in [0.1, 0.15) is 0 Å². The maximum absolute atomic E-state index is 11.6. The number of nitrogens with one attached hydrogen (secondary N) is 1. The van der Waals surface area contributed by atoms with Crippen LogP contribution in [-0.4, -0.2) is 53.9 Å². The van der Waals surface area contributed by atoms with Gasteiger partial charge in [-0.1, -0.05) is 0 Å². The first-order valence-electron chi connectivity index (χ1n) is 5.85. The molecule has 1 rings (SSSR count). The quantitative estimate of drug-likeness (QED) is 0.664. The van der Waals surface area contributed by atoms with E-state index in [2.05, 4.69) is 5.32 Å². The molecule has 6 heteroatoms. The number of rotatable bonds is 7. The Morgan fingerprint density at radius 2 is 2.18 bits per heavy atom. The number of amides is 2. The molecule has 1 atom stereocenters. The smallest absolute Gasteiger partial charge is 0.239 e. The lowest BCUT2D eigenvalue weighted by atomic mass is 10.4. The Labute approximate surface area is 106 Å². The zero-order valence-electron chi connectivity index (χ0n) is 10.4. The first-order chi connectivity index (χ1) is 7.99. The highest BCUT2D eigenvalue weighted by Crippen LogP contribution is 2.18. The molecule has 0 aromatic rings. The van der Waals surface area contributed by atoms with Crippen molar-refractivity contribution in [1.29, 1.82) is 0 Å². The number of nitrogens with two attached hydrogens (primary N) is 1. The lowest BCUT2D eigenvalue weighted by molar-refractivity contribution is -0.132. The average molecular weight is 259 g/mol. The Morgan fingerprint density at radius 3 is 2.71 bits per heavy atom. The van der Waals surface area contributed by atoms with E-state index in [1.165, 1.54) is 16.7 Å². The van der Waals surface area contributed by atoms with Gasteiger partial charge in [-0.05, 0) is 19.8 Å². The molecule has 0 aromatic carbocycles. The van der Waals surface area contributed by atoms with Crippen molar-refractivity contribution in [3.05, 3.63) is 0 Å². The molecule has 1 aliphatic rings. The maximum atomic E-state index is 11.6. The third kappa shape index (κ3) is 6.53. The second kappa shape index (κ2) is 6.86. The zero-order valence-corrected chi connectivity index (χ0v) is 11.3. The number of nitrogens with zero attached hydrogens (tertiary/aromatic N) is 1. The van der Waals surface area contributed by atoms with Crippen LogP contribution in [0.15, 0.2) is 0 Å². The van der Waals surface area contributed by atoms with Gasteiger partial charge in [-0.2, -0.15) is 11.8 Å². The van der Waals surface area contributed by atoms with Crippen molar-refractivity contribution in [2.45, 2.75) is 31.8 Å². The fourth-order valence-electron chi connectivity index (χ4n) is 1.25. The van der Waals surface area contributed by atoms with E-state index in [1.54, 1.807) is 7.05 Å². The molecule has 1 unspecified atom stereocenters. The first-order valence-corrected chi connectivity index (χ1v) is 7.01. The molecule has 1 aliphatic carbocycles. The van der Waals surface area contributed by atoms with Crippen LogP contribution in [0.25, 0.3) is 0 Å². The van der Waals surface area contributed by atoms with Crippen LogP contribution >= 0.6 is 11.8 Å². The molecule has 1 saturated carbocycles. The van der Waals surface area contributed by atoms with Gasteiger partial charge in [-0.25, -0.2) is 0 Å². The van der Waals surface area contributed by atoms with Gasteiger partial charge in [0.15, 0.2) is 0 Å². The van der Waals surface area contributed by atoms with Crippen LogP contribution in [-0.2, 0) is 9.59 Å². The molecule has 5 nitrogen and oxygen atoms in total. The molecule has 1 fully saturated rings. The van der Waals surface area contributed by atoms with Gasteiger partial charge in [0.2, 0.25) is 11.8 Å². The summed E-state index contributed by atoms with van der Waals surface area (Å²) in [6.45, 7) is 2.05. The molecule has 0 saturated heterocycles. The van der Waals surface area contributed by atoms with Crippen LogP contribution in [0.1, 0.15) is 19.8 Å². The minimum absolute atomic E-state index is 0.0263. The fourth-order valence-corrected chi connectivity index (χ4v) is 2.13. The summed E-state index contributed by atoms with van der Waals surface area (Å²) in [4.78, 5) is 24.6. The largest absolute Gasteiger partial charge is 0.352 e. The van der Waals surface area contributed by atoms with Gasteiger partial charge in [-0.3, -0.25) is 9.59 Å². The predicted octanol–water partition coefficient (Wildman–Crippen LogP) is -0.196. The van der Waals surface area contributed by atoms with Gasteiger partial charge >= 0.3 is 0 Å². The Bertz CT molecular complexity index is 280. The summed E-state index contributed by atoms with van der Waals surface area (Å²) in [5.41, 5.74) is 5.59. The van der Waals surface area contributed by atoms with Crippen molar-refractivity contribution in [3.8, 4) is 0 Å². The summed E-state index contributed by atoms with van der Waals surface area (Å²) >= 11 is 1.50. The number of carbonyl (C=O) groups is 2. The molecule has 98 valence electrons. The van der Waals surface area contributed by atoms with Gasteiger partial charge in [0.05, 0.1) is 12.3 Å². The SMILES string of the molecule is CC(N)CSCC(=O)N(C)CC(=O)NC1CC1. The number of hydrogen-bond donors (Lipinski definition) is 2. The third-order valence-electron chi connectivity index (χ3n) is 2.36. The van der Waals surface area contributed by atoms with Crippen LogP contribution < -0.4 is 11.1 Å². The van der Waals surface area contributed by atoms with Crippen molar-refractivity contribution in [3.63, 3.8) is 0 Å². The van der Waals surface area contributed by atoms with Crippen LogP contribution in [0.2, 0.25) is 0 Å². The van der Waals surface area contributed by atoms with Gasteiger partial charge in [0, 0.05) is 24.9 Å². The van der Waals surface area contributed by atoms with Gasteiger partial charge in [-0.15, -0.1) is 0 Å². The summed E-state index contributed by atoms with van der Waals surface area (Å²) in [6.07, 6.45) is 2.13. The van der Waals surface area contributed by atoms with Crippen molar-refractivity contribution >= 4 is 23.6 Å². The molecule has 0 radical (unpaired) electrons. The molecule has 2 amide bonds. The summed E-state index contributed by atoms with van der Waals surface area (Å²) in [6, 6.07) is 0.440. The third-order valence-corrected chi connectivity index (χ3v) is 3.57. The van der Waals surface area contributed by atoms with E-state index in [9.17, 15) is 9.59 Å². The molecule has 0 heterocycles. The lowest BCUT2D eigenvalue weighted by Gasteiger charge is -2.16. The summed E-state index contributed by atoms with van der Waals surface area (Å²) < 4.78 is 0. The standard InChI is InChI=1S/C11H21N3O2S/c1-8(12)6-17-7-11(16)14(2)5-10(15)13-9-3-4-9/h8-9H,3-7,12H2,1-2H3,(H,13,15). The Balaban J connectivity index is 2.14. The number of carbonyl (C=O) groups excluding carboxylic acids is 2. The van der Waals surface area contributed by atoms with Crippen molar-refractivity contribution in [2.75, 3.05) is 25.1 Å². The number of likely N-dealkylation sites (N-methyl/N-ethyl adjacent to an activating group) is 1. The normalized spacial score (nSPS) is 16.4. The van der Waals surface area contributed by atoms with Crippen molar-refractivity contribution in [2.24, 2.45) is 5.73 Å². The van der Waals surface area contributed by atoms with Crippen molar-refractivity contribution in [1.82, 2.24) is 10.2 Å². The number of hydrogen-bond acceptors (Lipinski definition) is 4. The summed E-state index contributed by atoms with van der Waals surface area (Å²) in [5, 5.41) is 2.85. The average Bonchev–Trinajstić information content (AvgIpc) is 3.00. The van der Waals surface area contributed by atoms with Gasteiger partial charge in [0.25, 0.3) is 0 Å². The molecular formula is C11H21N3O2S. The van der Waals surface area contributed by atoms with Crippen LogP contribution in [0, 0.1) is 0 Å². The van der Waals surface area contributed by atoms with E-state index in [1.807, 2.05) is 6.92 Å². The molecule has 0 aliphatic heterocycles. The van der Waals surface area contributed by atoms with Gasteiger partial charge < -0.3 is 16.0 Å². The summed E-state index contributed by atoms with van der Waals surface area (Å²) in [7, 11) is 1.65. The molecule has 3 N–H and O–H groups in total. The lowest BCUT2D eigenvalue weighted by Crippen LogP contribution is -2.40.